The van der Waals surface area contributed by atoms with E-state index in [4.69, 9.17) is 10.2 Å². The molecule has 0 fully saturated rings. The van der Waals surface area contributed by atoms with Crippen molar-refractivity contribution < 1.29 is 32.6 Å². The molecular formula is C12H13F4NO3. The van der Waals surface area contributed by atoms with Crippen LogP contribution >= 0.6 is 0 Å². The summed E-state index contributed by atoms with van der Waals surface area (Å²) >= 11 is 0. The Labute approximate surface area is 112 Å². The second-order valence-electron chi connectivity index (χ2n) is 4.52. The van der Waals surface area contributed by atoms with Crippen LogP contribution in [-0.2, 0) is 6.18 Å². The Morgan fingerprint density at radius 3 is 2.25 bits per heavy atom. The smallest absolute Gasteiger partial charge is 0.394 e. The van der Waals surface area contributed by atoms with Crippen molar-refractivity contribution in [3.63, 3.8) is 0 Å². The molecular weight excluding hydrogens is 282 g/mol. The number of hydrogen-bond acceptors (Lipinski definition) is 3. The molecule has 0 aromatic heterocycles. The van der Waals surface area contributed by atoms with E-state index < -0.39 is 47.8 Å². The molecule has 0 saturated carbocycles. The van der Waals surface area contributed by atoms with E-state index in [0.29, 0.717) is 18.2 Å². The van der Waals surface area contributed by atoms with Crippen LogP contribution in [0.4, 0.5) is 17.6 Å². The lowest BCUT2D eigenvalue weighted by molar-refractivity contribution is -0.137. The van der Waals surface area contributed by atoms with Gasteiger partial charge in [0.25, 0.3) is 5.91 Å². The minimum Gasteiger partial charge on any atom is -0.394 e. The molecule has 1 rings (SSSR count). The van der Waals surface area contributed by atoms with Crippen LogP contribution < -0.4 is 5.32 Å². The van der Waals surface area contributed by atoms with E-state index >= 15 is 0 Å². The molecule has 0 unspecified atom stereocenters. The Hall–Kier alpha value is -1.67. The van der Waals surface area contributed by atoms with Gasteiger partial charge in [-0.1, -0.05) is 0 Å². The minimum absolute atomic E-state index is 0.375. The summed E-state index contributed by atoms with van der Waals surface area (Å²) in [4.78, 5) is 11.7. The molecule has 1 aromatic carbocycles. The van der Waals surface area contributed by atoms with Crippen molar-refractivity contribution in [3.8, 4) is 0 Å². The zero-order valence-corrected chi connectivity index (χ0v) is 10.5. The SMILES string of the molecule is CC(CO)(CO)NC(=O)c1cc(C(F)(F)F)ccc1F. The number of nitrogens with one attached hydrogen (secondary N) is 1. The molecule has 1 amide bonds. The van der Waals surface area contributed by atoms with E-state index in [1.807, 2.05) is 0 Å². The van der Waals surface area contributed by atoms with Gasteiger partial charge in [-0.15, -0.1) is 0 Å². The number of carbonyl (C=O) groups excluding carboxylic acids is 1. The van der Waals surface area contributed by atoms with Crippen molar-refractivity contribution in [1.82, 2.24) is 5.32 Å². The number of carbonyl (C=O) groups is 1. The van der Waals surface area contributed by atoms with Crippen molar-refractivity contribution in [3.05, 3.63) is 35.1 Å². The average molecular weight is 295 g/mol. The number of halogens is 4. The van der Waals surface area contributed by atoms with Gasteiger partial charge in [0.05, 0.1) is 29.9 Å². The van der Waals surface area contributed by atoms with Crippen LogP contribution in [0.3, 0.4) is 0 Å². The summed E-state index contributed by atoms with van der Waals surface area (Å²) in [6.07, 6.45) is -4.71. The zero-order chi connectivity index (χ0) is 15.6. The summed E-state index contributed by atoms with van der Waals surface area (Å²) in [5.74, 6) is -2.28. The first kappa shape index (κ1) is 16.4. The standard InChI is InChI=1S/C12H13F4NO3/c1-11(5-18,6-19)17-10(20)8-4-7(12(14,15)16)2-3-9(8)13/h2-4,18-19H,5-6H2,1H3,(H,17,20). The number of aliphatic hydroxyl groups is 2. The molecule has 0 aliphatic heterocycles. The lowest BCUT2D eigenvalue weighted by Crippen LogP contribution is -2.51. The average Bonchev–Trinajstić information content (AvgIpc) is 2.37. The van der Waals surface area contributed by atoms with Crippen molar-refractivity contribution in [2.24, 2.45) is 0 Å². The van der Waals surface area contributed by atoms with Crippen LogP contribution in [0.1, 0.15) is 22.8 Å². The Morgan fingerprint density at radius 1 is 1.25 bits per heavy atom. The van der Waals surface area contributed by atoms with E-state index in [1.165, 1.54) is 6.92 Å². The van der Waals surface area contributed by atoms with Gasteiger partial charge >= 0.3 is 6.18 Å². The van der Waals surface area contributed by atoms with Gasteiger partial charge in [-0.05, 0) is 25.1 Å². The van der Waals surface area contributed by atoms with Crippen LogP contribution in [0.15, 0.2) is 18.2 Å². The maximum atomic E-state index is 13.4. The third-order valence-corrected chi connectivity index (χ3v) is 2.65. The van der Waals surface area contributed by atoms with Gasteiger partial charge < -0.3 is 15.5 Å². The van der Waals surface area contributed by atoms with Gasteiger partial charge in [0, 0.05) is 0 Å². The summed E-state index contributed by atoms with van der Waals surface area (Å²) in [5, 5.41) is 20.1. The van der Waals surface area contributed by atoms with E-state index in [1.54, 1.807) is 0 Å². The first-order valence-corrected chi connectivity index (χ1v) is 5.54. The first-order valence-electron chi connectivity index (χ1n) is 5.54. The molecule has 0 saturated heterocycles. The van der Waals surface area contributed by atoms with E-state index in [2.05, 4.69) is 5.32 Å². The molecule has 0 aliphatic carbocycles. The third-order valence-electron chi connectivity index (χ3n) is 2.65. The van der Waals surface area contributed by atoms with Crippen LogP contribution in [0.2, 0.25) is 0 Å². The fraction of sp³-hybridized carbons (Fsp3) is 0.417. The van der Waals surface area contributed by atoms with Crippen LogP contribution in [0.5, 0.6) is 0 Å². The van der Waals surface area contributed by atoms with Crippen molar-refractivity contribution in [2.45, 2.75) is 18.6 Å². The molecule has 0 heterocycles. The topological polar surface area (TPSA) is 69.6 Å². The summed E-state index contributed by atoms with van der Waals surface area (Å²) in [6.45, 7) is -0.0535. The van der Waals surface area contributed by atoms with E-state index in [9.17, 15) is 22.4 Å². The number of alkyl halides is 3. The second-order valence-corrected chi connectivity index (χ2v) is 4.52. The lowest BCUT2D eigenvalue weighted by Gasteiger charge is -2.26. The summed E-state index contributed by atoms with van der Waals surface area (Å²) in [7, 11) is 0. The lowest BCUT2D eigenvalue weighted by atomic mass is 10.0. The number of rotatable bonds is 4. The molecule has 1 aromatic rings. The Kier molecular flexibility index (Phi) is 4.72. The molecule has 0 atom stereocenters. The number of benzene rings is 1. The van der Waals surface area contributed by atoms with Gasteiger partial charge in [-0.3, -0.25) is 4.79 Å². The highest BCUT2D eigenvalue weighted by molar-refractivity contribution is 5.95. The molecule has 20 heavy (non-hydrogen) atoms. The van der Waals surface area contributed by atoms with E-state index in [0.717, 1.165) is 0 Å². The van der Waals surface area contributed by atoms with Gasteiger partial charge in [0.2, 0.25) is 0 Å². The minimum atomic E-state index is -4.71. The predicted octanol–water partition coefficient (Wildman–Crippen LogP) is 1.32. The number of hydrogen-bond donors (Lipinski definition) is 3. The first-order chi connectivity index (χ1) is 9.13. The van der Waals surface area contributed by atoms with Gasteiger partial charge in [-0.2, -0.15) is 13.2 Å². The second kappa shape index (κ2) is 5.76. The summed E-state index contributed by atoms with van der Waals surface area (Å²) in [5.41, 5.74) is -3.44. The van der Waals surface area contributed by atoms with Crippen LogP contribution in [0, 0.1) is 5.82 Å². The fourth-order valence-corrected chi connectivity index (χ4v) is 1.35. The summed E-state index contributed by atoms with van der Waals surface area (Å²) < 4.78 is 50.9. The predicted molar refractivity (Wildman–Crippen MR) is 61.4 cm³/mol. The maximum absolute atomic E-state index is 13.4. The van der Waals surface area contributed by atoms with Crippen LogP contribution in [-0.4, -0.2) is 34.9 Å². The summed E-state index contributed by atoms with van der Waals surface area (Å²) in [6, 6.07) is 1.43. The number of amides is 1. The van der Waals surface area contributed by atoms with Gasteiger partial charge in [-0.25, -0.2) is 4.39 Å². The van der Waals surface area contributed by atoms with Crippen molar-refractivity contribution in [1.29, 1.82) is 0 Å². The Morgan fingerprint density at radius 2 is 1.80 bits per heavy atom. The molecule has 112 valence electrons. The normalized spacial score (nSPS) is 12.3. The molecule has 3 N–H and O–H groups in total. The quantitative estimate of drug-likeness (QED) is 0.734. The zero-order valence-electron chi connectivity index (χ0n) is 10.5. The highest BCUT2D eigenvalue weighted by Crippen LogP contribution is 2.30. The molecule has 4 nitrogen and oxygen atoms in total. The highest BCUT2D eigenvalue weighted by atomic mass is 19.4. The van der Waals surface area contributed by atoms with Crippen molar-refractivity contribution >= 4 is 5.91 Å². The number of aliphatic hydroxyl groups excluding tert-OH is 2. The maximum Gasteiger partial charge on any atom is 0.416 e. The largest absolute Gasteiger partial charge is 0.416 e. The molecule has 0 aliphatic rings. The van der Waals surface area contributed by atoms with Crippen molar-refractivity contribution in [2.75, 3.05) is 13.2 Å². The van der Waals surface area contributed by atoms with Crippen LogP contribution in [0.25, 0.3) is 0 Å². The third kappa shape index (κ3) is 3.67. The van der Waals surface area contributed by atoms with Gasteiger partial charge in [0.15, 0.2) is 0 Å². The Bertz CT molecular complexity index is 498. The monoisotopic (exact) mass is 295 g/mol. The molecule has 0 radical (unpaired) electrons. The molecule has 0 spiro atoms. The van der Waals surface area contributed by atoms with Gasteiger partial charge in [0.1, 0.15) is 5.82 Å². The van der Waals surface area contributed by atoms with E-state index in [-0.39, 0.29) is 0 Å². The fourth-order valence-electron chi connectivity index (χ4n) is 1.35. The molecule has 8 heteroatoms. The highest BCUT2D eigenvalue weighted by Gasteiger charge is 2.33. The Balaban J connectivity index is 3.10. The molecule has 0 bridgehead atoms.